The third-order valence-corrected chi connectivity index (χ3v) is 4.02. The second-order valence-corrected chi connectivity index (χ2v) is 5.61. The van der Waals surface area contributed by atoms with Crippen molar-refractivity contribution in [3.8, 4) is 0 Å². The second kappa shape index (κ2) is 5.88. The first kappa shape index (κ1) is 15.6. The molecule has 0 bridgehead atoms. The number of amides is 1. The summed E-state index contributed by atoms with van der Waals surface area (Å²) in [5.74, 6) is -0.687. The number of nitrogen functional groups attached to an aromatic ring is 1. The first-order valence-corrected chi connectivity index (χ1v) is 7.13. The average Bonchev–Trinajstić information content (AvgIpc) is 2.74. The van der Waals surface area contributed by atoms with E-state index < -0.39 is 18.6 Å². The van der Waals surface area contributed by atoms with Gasteiger partial charge in [-0.1, -0.05) is 6.92 Å². The predicted molar refractivity (Wildman–Crippen MR) is 76.3 cm³/mol. The number of carbonyl (C=O) groups is 1. The van der Waals surface area contributed by atoms with E-state index in [-0.39, 0.29) is 17.1 Å². The number of hydrogen-bond donors (Lipinski definition) is 1. The van der Waals surface area contributed by atoms with Crippen LogP contribution in [0.15, 0.2) is 18.5 Å². The van der Waals surface area contributed by atoms with Crippen LogP contribution in [0.4, 0.5) is 18.9 Å². The zero-order chi connectivity index (χ0) is 15.6. The number of fused-ring (bicyclic) bond motifs is 1. The fourth-order valence-electron chi connectivity index (χ4n) is 2.01. The molecule has 0 aliphatic rings. The molecule has 0 fully saturated rings. The summed E-state index contributed by atoms with van der Waals surface area (Å²) in [6.45, 7) is 0.477. The minimum absolute atomic E-state index is 0.0320. The lowest BCUT2D eigenvalue weighted by Gasteiger charge is -2.23. The molecule has 0 saturated carbocycles. The Bertz CT molecular complexity index is 654. The van der Waals surface area contributed by atoms with Crippen molar-refractivity contribution in [2.24, 2.45) is 0 Å². The maximum absolute atomic E-state index is 12.6. The molecule has 1 amide bonds. The Balaban J connectivity index is 2.36. The Morgan fingerprint density at radius 2 is 2.19 bits per heavy atom. The summed E-state index contributed by atoms with van der Waals surface area (Å²) in [6, 6.07) is 1.64. The predicted octanol–water partition coefficient (Wildman–Crippen LogP) is 3.29. The number of pyridine rings is 1. The number of thiophene rings is 1. The van der Waals surface area contributed by atoms with Gasteiger partial charge in [-0.3, -0.25) is 9.78 Å². The van der Waals surface area contributed by atoms with Crippen LogP contribution in [-0.4, -0.2) is 35.1 Å². The third kappa shape index (κ3) is 3.44. The van der Waals surface area contributed by atoms with Gasteiger partial charge in [0, 0.05) is 24.3 Å². The van der Waals surface area contributed by atoms with E-state index in [4.69, 9.17) is 5.73 Å². The molecule has 2 rings (SSSR count). The standard InChI is InChI=1S/C13H14F3N3OS/c1-2-5-19(7-13(14,15)16)12(20)11-10(17)8-3-4-18-6-9(8)21-11/h3-4,6H,2,5,7,17H2,1H3. The molecule has 8 heteroatoms. The number of alkyl halides is 3. The maximum Gasteiger partial charge on any atom is 0.406 e. The van der Waals surface area contributed by atoms with Crippen LogP contribution >= 0.6 is 11.3 Å². The number of hydrogen-bond acceptors (Lipinski definition) is 4. The third-order valence-electron chi connectivity index (χ3n) is 2.88. The van der Waals surface area contributed by atoms with Crippen molar-refractivity contribution in [3.63, 3.8) is 0 Å². The number of nitrogens with two attached hydrogens (primary N) is 1. The highest BCUT2D eigenvalue weighted by Crippen LogP contribution is 2.34. The summed E-state index contributed by atoms with van der Waals surface area (Å²) in [6.07, 6.45) is -0.924. The maximum atomic E-state index is 12.6. The summed E-state index contributed by atoms with van der Waals surface area (Å²) >= 11 is 1.07. The van der Waals surface area contributed by atoms with Gasteiger partial charge in [-0.05, 0) is 12.5 Å². The molecule has 0 atom stereocenters. The number of nitrogens with zero attached hydrogens (tertiary/aromatic N) is 2. The van der Waals surface area contributed by atoms with Crippen molar-refractivity contribution >= 4 is 33.0 Å². The van der Waals surface area contributed by atoms with E-state index in [0.717, 1.165) is 16.2 Å². The van der Waals surface area contributed by atoms with Gasteiger partial charge in [0.2, 0.25) is 0 Å². The molecule has 0 spiro atoms. The molecule has 0 aliphatic heterocycles. The summed E-state index contributed by atoms with van der Waals surface area (Å²) in [4.78, 5) is 17.2. The molecule has 2 aromatic heterocycles. The van der Waals surface area contributed by atoms with E-state index in [9.17, 15) is 18.0 Å². The number of aromatic nitrogens is 1. The van der Waals surface area contributed by atoms with E-state index in [1.165, 1.54) is 6.20 Å². The highest BCUT2D eigenvalue weighted by Gasteiger charge is 2.34. The molecule has 0 radical (unpaired) electrons. The van der Waals surface area contributed by atoms with Crippen LogP contribution < -0.4 is 5.73 Å². The van der Waals surface area contributed by atoms with E-state index in [2.05, 4.69) is 4.98 Å². The molecule has 2 N–H and O–H groups in total. The molecule has 2 aromatic rings. The van der Waals surface area contributed by atoms with Gasteiger partial charge >= 0.3 is 6.18 Å². The SMILES string of the molecule is CCCN(CC(F)(F)F)C(=O)c1sc2cnccc2c1N. The lowest BCUT2D eigenvalue weighted by Crippen LogP contribution is -2.39. The Morgan fingerprint density at radius 3 is 2.76 bits per heavy atom. The van der Waals surface area contributed by atoms with Crippen LogP contribution in [0, 0.1) is 0 Å². The van der Waals surface area contributed by atoms with Crippen LogP contribution in [-0.2, 0) is 0 Å². The lowest BCUT2D eigenvalue weighted by molar-refractivity contribution is -0.140. The van der Waals surface area contributed by atoms with Crippen molar-refractivity contribution in [1.29, 1.82) is 0 Å². The number of rotatable bonds is 4. The molecule has 2 heterocycles. The van der Waals surface area contributed by atoms with Gasteiger partial charge in [-0.25, -0.2) is 0 Å². The van der Waals surface area contributed by atoms with Crippen molar-refractivity contribution in [2.75, 3.05) is 18.8 Å². The molecule has 4 nitrogen and oxygen atoms in total. The average molecular weight is 317 g/mol. The first-order chi connectivity index (χ1) is 9.83. The molecular weight excluding hydrogens is 303 g/mol. The zero-order valence-electron chi connectivity index (χ0n) is 11.3. The summed E-state index contributed by atoms with van der Waals surface area (Å²) in [5, 5.41) is 0.641. The summed E-state index contributed by atoms with van der Waals surface area (Å²) in [5.41, 5.74) is 6.11. The lowest BCUT2D eigenvalue weighted by atomic mass is 10.2. The monoisotopic (exact) mass is 317 g/mol. The smallest absolute Gasteiger partial charge is 0.397 e. The van der Waals surface area contributed by atoms with Gasteiger partial charge in [0.05, 0.1) is 10.4 Å². The van der Waals surface area contributed by atoms with Crippen LogP contribution in [0.2, 0.25) is 0 Å². The van der Waals surface area contributed by atoms with Crippen LogP contribution in [0.25, 0.3) is 10.1 Å². The fraction of sp³-hybridized carbons (Fsp3) is 0.385. The molecule has 0 unspecified atom stereocenters. The fourth-order valence-corrected chi connectivity index (χ4v) is 3.07. The first-order valence-electron chi connectivity index (χ1n) is 6.31. The topological polar surface area (TPSA) is 59.2 Å². The number of anilines is 1. The second-order valence-electron chi connectivity index (χ2n) is 4.56. The Kier molecular flexibility index (Phi) is 4.36. The molecule has 0 saturated heterocycles. The Morgan fingerprint density at radius 1 is 1.48 bits per heavy atom. The van der Waals surface area contributed by atoms with E-state index in [1.54, 1.807) is 19.2 Å². The molecule has 114 valence electrons. The van der Waals surface area contributed by atoms with Crippen molar-refractivity contribution in [3.05, 3.63) is 23.3 Å². The van der Waals surface area contributed by atoms with Crippen LogP contribution in [0.1, 0.15) is 23.0 Å². The minimum atomic E-state index is -4.43. The quantitative estimate of drug-likeness (QED) is 0.941. The highest BCUT2D eigenvalue weighted by molar-refractivity contribution is 7.21. The highest BCUT2D eigenvalue weighted by atomic mass is 32.1. The van der Waals surface area contributed by atoms with Crippen molar-refractivity contribution < 1.29 is 18.0 Å². The zero-order valence-corrected chi connectivity index (χ0v) is 12.1. The van der Waals surface area contributed by atoms with Gasteiger partial charge in [0.1, 0.15) is 11.4 Å². The molecule has 21 heavy (non-hydrogen) atoms. The summed E-state index contributed by atoms with van der Waals surface area (Å²) in [7, 11) is 0. The van der Waals surface area contributed by atoms with E-state index >= 15 is 0 Å². The van der Waals surface area contributed by atoms with E-state index in [1.807, 2.05) is 0 Å². The van der Waals surface area contributed by atoms with Crippen LogP contribution in [0.3, 0.4) is 0 Å². The van der Waals surface area contributed by atoms with Gasteiger partial charge in [-0.15, -0.1) is 11.3 Å². The van der Waals surface area contributed by atoms with Crippen LogP contribution in [0.5, 0.6) is 0 Å². The van der Waals surface area contributed by atoms with Gasteiger partial charge in [-0.2, -0.15) is 13.2 Å². The number of carbonyl (C=O) groups excluding carboxylic acids is 1. The minimum Gasteiger partial charge on any atom is -0.397 e. The largest absolute Gasteiger partial charge is 0.406 e. The van der Waals surface area contributed by atoms with Gasteiger partial charge in [0.25, 0.3) is 5.91 Å². The van der Waals surface area contributed by atoms with E-state index in [0.29, 0.717) is 16.5 Å². The molecule has 0 aromatic carbocycles. The summed E-state index contributed by atoms with van der Waals surface area (Å²) < 4.78 is 38.4. The van der Waals surface area contributed by atoms with Crippen molar-refractivity contribution in [1.82, 2.24) is 9.88 Å². The molecule has 0 aliphatic carbocycles. The Labute approximate surface area is 123 Å². The normalized spacial score (nSPS) is 11.8. The number of halogens is 3. The van der Waals surface area contributed by atoms with Crippen molar-refractivity contribution in [2.45, 2.75) is 19.5 Å². The van der Waals surface area contributed by atoms with Gasteiger partial charge < -0.3 is 10.6 Å². The molecular formula is C13H14F3N3OS. The van der Waals surface area contributed by atoms with Gasteiger partial charge in [0.15, 0.2) is 0 Å². The Hall–Kier alpha value is -1.83.